The van der Waals surface area contributed by atoms with Gasteiger partial charge in [-0.2, -0.15) is 0 Å². The van der Waals surface area contributed by atoms with E-state index in [4.69, 9.17) is 5.73 Å². The van der Waals surface area contributed by atoms with Gasteiger partial charge in [0.25, 0.3) is 0 Å². The minimum absolute atomic E-state index is 0. The lowest BCUT2D eigenvalue weighted by Crippen LogP contribution is -2.43. The van der Waals surface area contributed by atoms with E-state index in [0.29, 0.717) is 13.1 Å². The molecule has 3 N–H and O–H groups in total. The molecule has 0 unspecified atom stereocenters. The van der Waals surface area contributed by atoms with Crippen LogP contribution in [-0.2, 0) is 11.3 Å². The molecule has 1 aromatic carbocycles. The van der Waals surface area contributed by atoms with Crippen LogP contribution in [0.15, 0.2) is 24.3 Å². The zero-order valence-corrected chi connectivity index (χ0v) is 11.6. The van der Waals surface area contributed by atoms with Crippen molar-refractivity contribution < 1.29 is 9.18 Å². The summed E-state index contributed by atoms with van der Waals surface area (Å²) in [5.74, 6) is -0.275. The highest BCUT2D eigenvalue weighted by Gasteiger charge is 2.39. The van der Waals surface area contributed by atoms with E-state index in [1.54, 1.807) is 12.1 Å². The largest absolute Gasteiger partial charge is 0.352 e. The molecule has 1 amide bonds. The fourth-order valence-corrected chi connectivity index (χ4v) is 2.59. The molecule has 3 nitrogen and oxygen atoms in total. The van der Waals surface area contributed by atoms with Crippen LogP contribution in [0.2, 0.25) is 0 Å². The van der Waals surface area contributed by atoms with Crippen molar-refractivity contribution in [3.05, 3.63) is 35.6 Å². The van der Waals surface area contributed by atoms with Crippen LogP contribution < -0.4 is 11.1 Å². The Morgan fingerprint density at radius 1 is 1.37 bits per heavy atom. The monoisotopic (exact) mass is 286 g/mol. The number of halogens is 2. The molecule has 0 heterocycles. The number of benzene rings is 1. The van der Waals surface area contributed by atoms with E-state index in [1.165, 1.54) is 12.1 Å². The standard InChI is InChI=1S/C14H19FN2O.ClH/c15-12-5-3-4-11(8-12)9-17-13(18)14(10-16)6-1-2-7-14;/h3-5,8H,1-2,6-7,9-10,16H2,(H,17,18);1H. The first kappa shape index (κ1) is 15.9. The molecule has 2 rings (SSSR count). The predicted molar refractivity (Wildman–Crippen MR) is 75.5 cm³/mol. The van der Waals surface area contributed by atoms with Crippen molar-refractivity contribution in [2.24, 2.45) is 11.1 Å². The summed E-state index contributed by atoms with van der Waals surface area (Å²) in [6, 6.07) is 6.27. The van der Waals surface area contributed by atoms with Crippen LogP contribution in [0.1, 0.15) is 31.2 Å². The average molecular weight is 287 g/mol. The molecule has 0 aromatic heterocycles. The molecular weight excluding hydrogens is 267 g/mol. The Hall–Kier alpha value is -1.13. The summed E-state index contributed by atoms with van der Waals surface area (Å²) in [7, 11) is 0. The van der Waals surface area contributed by atoms with Crippen LogP contribution in [0.4, 0.5) is 4.39 Å². The summed E-state index contributed by atoms with van der Waals surface area (Å²) in [5, 5.41) is 2.87. The zero-order chi connectivity index (χ0) is 13.0. The Morgan fingerprint density at radius 3 is 2.63 bits per heavy atom. The molecule has 0 radical (unpaired) electrons. The second kappa shape index (κ2) is 6.87. The van der Waals surface area contributed by atoms with E-state index in [1.807, 2.05) is 0 Å². The van der Waals surface area contributed by atoms with E-state index in [9.17, 15) is 9.18 Å². The molecule has 5 heteroatoms. The first-order valence-electron chi connectivity index (χ1n) is 6.39. The van der Waals surface area contributed by atoms with E-state index < -0.39 is 5.41 Å². The Labute approximate surface area is 119 Å². The van der Waals surface area contributed by atoms with Gasteiger partial charge in [-0.1, -0.05) is 25.0 Å². The van der Waals surface area contributed by atoms with Gasteiger partial charge in [0, 0.05) is 13.1 Å². The highest BCUT2D eigenvalue weighted by Crippen LogP contribution is 2.37. The maximum Gasteiger partial charge on any atom is 0.227 e. The molecule has 1 saturated carbocycles. The van der Waals surface area contributed by atoms with Crippen LogP contribution in [0.5, 0.6) is 0 Å². The van der Waals surface area contributed by atoms with Crippen LogP contribution in [-0.4, -0.2) is 12.5 Å². The Kier molecular flexibility index (Phi) is 5.76. The molecule has 0 bridgehead atoms. The van der Waals surface area contributed by atoms with Crippen molar-refractivity contribution in [2.45, 2.75) is 32.2 Å². The lowest BCUT2D eigenvalue weighted by atomic mass is 9.85. The number of hydrogen-bond acceptors (Lipinski definition) is 2. The smallest absolute Gasteiger partial charge is 0.227 e. The number of amides is 1. The summed E-state index contributed by atoms with van der Waals surface area (Å²) >= 11 is 0. The second-order valence-electron chi connectivity index (χ2n) is 5.00. The topological polar surface area (TPSA) is 55.1 Å². The summed E-state index contributed by atoms with van der Waals surface area (Å²) in [4.78, 5) is 12.2. The van der Waals surface area contributed by atoms with E-state index in [2.05, 4.69) is 5.32 Å². The molecule has 19 heavy (non-hydrogen) atoms. The van der Waals surface area contributed by atoms with Crippen molar-refractivity contribution in [2.75, 3.05) is 6.54 Å². The average Bonchev–Trinajstić information content (AvgIpc) is 2.86. The summed E-state index contributed by atoms with van der Waals surface area (Å²) in [6.45, 7) is 0.750. The summed E-state index contributed by atoms with van der Waals surface area (Å²) in [5.41, 5.74) is 6.12. The third kappa shape index (κ3) is 3.67. The zero-order valence-electron chi connectivity index (χ0n) is 10.8. The predicted octanol–water partition coefficient (Wildman–Crippen LogP) is 2.38. The first-order chi connectivity index (χ1) is 8.66. The van der Waals surface area contributed by atoms with E-state index in [-0.39, 0.29) is 24.1 Å². The lowest BCUT2D eigenvalue weighted by Gasteiger charge is -2.25. The van der Waals surface area contributed by atoms with Gasteiger partial charge in [-0.15, -0.1) is 12.4 Å². The SMILES string of the molecule is Cl.NCC1(C(=O)NCc2cccc(F)c2)CCCC1. The molecule has 0 spiro atoms. The lowest BCUT2D eigenvalue weighted by molar-refractivity contribution is -0.130. The van der Waals surface area contributed by atoms with Crippen molar-refractivity contribution in [3.8, 4) is 0 Å². The molecule has 1 aliphatic rings. The van der Waals surface area contributed by atoms with Crippen LogP contribution >= 0.6 is 12.4 Å². The normalized spacial score (nSPS) is 16.7. The second-order valence-corrected chi connectivity index (χ2v) is 5.00. The highest BCUT2D eigenvalue weighted by molar-refractivity contribution is 5.85. The molecule has 1 aliphatic carbocycles. The molecular formula is C14H20ClFN2O. The van der Waals surface area contributed by atoms with Gasteiger partial charge in [-0.25, -0.2) is 4.39 Å². The van der Waals surface area contributed by atoms with Gasteiger partial charge < -0.3 is 11.1 Å². The highest BCUT2D eigenvalue weighted by atomic mass is 35.5. The van der Waals surface area contributed by atoms with Gasteiger partial charge in [0.15, 0.2) is 0 Å². The minimum Gasteiger partial charge on any atom is -0.352 e. The number of rotatable bonds is 4. The van der Waals surface area contributed by atoms with Gasteiger partial charge in [-0.05, 0) is 30.5 Å². The van der Waals surface area contributed by atoms with Gasteiger partial charge in [0.2, 0.25) is 5.91 Å². The molecule has 0 atom stereocenters. The minimum atomic E-state index is -0.396. The van der Waals surface area contributed by atoms with Crippen LogP contribution in [0, 0.1) is 11.2 Å². The van der Waals surface area contributed by atoms with Gasteiger partial charge in [-0.3, -0.25) is 4.79 Å². The maximum absolute atomic E-state index is 13.0. The first-order valence-corrected chi connectivity index (χ1v) is 6.39. The molecule has 106 valence electrons. The third-order valence-electron chi connectivity index (χ3n) is 3.78. The Morgan fingerprint density at radius 2 is 2.05 bits per heavy atom. The number of carbonyl (C=O) groups excluding carboxylic acids is 1. The molecule has 0 saturated heterocycles. The maximum atomic E-state index is 13.0. The van der Waals surface area contributed by atoms with Gasteiger partial charge >= 0.3 is 0 Å². The van der Waals surface area contributed by atoms with Crippen LogP contribution in [0.25, 0.3) is 0 Å². The van der Waals surface area contributed by atoms with Gasteiger partial charge in [0.1, 0.15) is 5.82 Å². The van der Waals surface area contributed by atoms with Crippen LogP contribution in [0.3, 0.4) is 0 Å². The number of nitrogens with two attached hydrogens (primary N) is 1. The van der Waals surface area contributed by atoms with E-state index in [0.717, 1.165) is 31.2 Å². The quantitative estimate of drug-likeness (QED) is 0.893. The number of carbonyl (C=O) groups is 1. The molecule has 1 aromatic rings. The van der Waals surface area contributed by atoms with Crippen molar-refractivity contribution in [1.29, 1.82) is 0 Å². The summed E-state index contributed by atoms with van der Waals surface area (Å²) in [6.07, 6.45) is 3.84. The summed E-state index contributed by atoms with van der Waals surface area (Å²) < 4.78 is 13.0. The van der Waals surface area contributed by atoms with Gasteiger partial charge in [0.05, 0.1) is 5.41 Å². The fraction of sp³-hybridized carbons (Fsp3) is 0.500. The van der Waals surface area contributed by atoms with Crippen molar-refractivity contribution in [1.82, 2.24) is 5.32 Å². The Bertz CT molecular complexity index is 433. The van der Waals surface area contributed by atoms with Crippen molar-refractivity contribution in [3.63, 3.8) is 0 Å². The third-order valence-corrected chi connectivity index (χ3v) is 3.78. The van der Waals surface area contributed by atoms with E-state index >= 15 is 0 Å². The molecule has 1 fully saturated rings. The fourth-order valence-electron chi connectivity index (χ4n) is 2.59. The number of nitrogens with one attached hydrogen (secondary N) is 1. The van der Waals surface area contributed by atoms with Crippen molar-refractivity contribution >= 4 is 18.3 Å². The molecule has 0 aliphatic heterocycles. The number of hydrogen-bond donors (Lipinski definition) is 2. The Balaban J connectivity index is 0.00000180.